The fourth-order valence-electron chi connectivity index (χ4n) is 4.81. The van der Waals surface area contributed by atoms with Gasteiger partial charge in [-0.15, -0.1) is 0 Å². The molecule has 2 N–H and O–H groups in total. The maximum absolute atomic E-state index is 6.22. The molecule has 0 aromatic carbocycles. The molecule has 0 heterocycles. The summed E-state index contributed by atoms with van der Waals surface area (Å²) in [5.41, 5.74) is 7.27. The summed E-state index contributed by atoms with van der Waals surface area (Å²) < 4.78 is 0. The van der Waals surface area contributed by atoms with E-state index in [-0.39, 0.29) is 0 Å². The van der Waals surface area contributed by atoms with Gasteiger partial charge in [-0.25, -0.2) is 0 Å². The Labute approximate surface area is 119 Å². The van der Waals surface area contributed by atoms with Crippen LogP contribution in [0, 0.1) is 17.3 Å². The average molecular weight is 264 g/mol. The highest BCUT2D eigenvalue weighted by atomic mass is 15.2. The van der Waals surface area contributed by atoms with Gasteiger partial charge in [-0.05, 0) is 69.2 Å². The molecule has 3 fully saturated rings. The van der Waals surface area contributed by atoms with Gasteiger partial charge in [0.1, 0.15) is 0 Å². The quantitative estimate of drug-likeness (QED) is 0.843. The summed E-state index contributed by atoms with van der Waals surface area (Å²) in [6, 6.07) is 0. The molecule has 19 heavy (non-hydrogen) atoms. The topological polar surface area (TPSA) is 29.3 Å². The Balaban J connectivity index is 1.60. The highest BCUT2D eigenvalue weighted by molar-refractivity contribution is 5.01. The Hall–Kier alpha value is -0.0800. The zero-order valence-electron chi connectivity index (χ0n) is 13.0. The van der Waals surface area contributed by atoms with E-state index in [1.165, 1.54) is 64.3 Å². The van der Waals surface area contributed by atoms with Crippen molar-refractivity contribution in [2.45, 2.75) is 70.3 Å². The van der Waals surface area contributed by atoms with E-state index in [2.05, 4.69) is 18.9 Å². The van der Waals surface area contributed by atoms with Gasteiger partial charge in [0, 0.05) is 18.6 Å². The van der Waals surface area contributed by atoms with Crippen LogP contribution in [0.1, 0.15) is 64.7 Å². The van der Waals surface area contributed by atoms with Crippen molar-refractivity contribution in [2.24, 2.45) is 23.0 Å². The van der Waals surface area contributed by atoms with Crippen molar-refractivity contribution in [3.63, 3.8) is 0 Å². The highest BCUT2D eigenvalue weighted by Crippen LogP contribution is 2.52. The summed E-state index contributed by atoms with van der Waals surface area (Å²) in [5.74, 6) is 1.91. The van der Waals surface area contributed by atoms with Crippen LogP contribution in [0.5, 0.6) is 0 Å². The van der Waals surface area contributed by atoms with Crippen LogP contribution in [0.15, 0.2) is 0 Å². The molecule has 3 saturated carbocycles. The van der Waals surface area contributed by atoms with E-state index in [9.17, 15) is 0 Å². The predicted octanol–water partition coefficient (Wildman–Crippen LogP) is 3.41. The van der Waals surface area contributed by atoms with Crippen LogP contribution in [-0.2, 0) is 0 Å². The molecule has 0 bridgehead atoms. The first-order valence-electron chi connectivity index (χ1n) is 8.51. The molecule has 3 aliphatic rings. The Kier molecular flexibility index (Phi) is 3.68. The molecular formula is C17H32N2. The fraction of sp³-hybridized carbons (Fsp3) is 1.00. The summed E-state index contributed by atoms with van der Waals surface area (Å²) in [4.78, 5) is 2.64. The third-order valence-electron chi connectivity index (χ3n) is 6.88. The van der Waals surface area contributed by atoms with E-state index < -0.39 is 0 Å². The normalized spacial score (nSPS) is 36.0. The molecule has 2 nitrogen and oxygen atoms in total. The molecule has 2 heteroatoms. The minimum atomic E-state index is 0.330. The summed E-state index contributed by atoms with van der Waals surface area (Å²) in [6.07, 6.45) is 13.0. The lowest BCUT2D eigenvalue weighted by atomic mass is 9.66. The van der Waals surface area contributed by atoms with Crippen LogP contribution < -0.4 is 5.73 Å². The van der Waals surface area contributed by atoms with Gasteiger partial charge in [-0.1, -0.05) is 19.8 Å². The van der Waals surface area contributed by atoms with E-state index in [0.29, 0.717) is 5.54 Å². The smallest absolute Gasteiger partial charge is 0.0329 e. The second kappa shape index (κ2) is 5.04. The Morgan fingerprint density at radius 2 is 1.63 bits per heavy atom. The van der Waals surface area contributed by atoms with Crippen LogP contribution in [0.3, 0.4) is 0 Å². The fourth-order valence-corrected chi connectivity index (χ4v) is 4.81. The lowest BCUT2D eigenvalue weighted by Gasteiger charge is -2.49. The molecule has 3 aliphatic carbocycles. The molecule has 0 aromatic heterocycles. The third kappa shape index (κ3) is 2.58. The van der Waals surface area contributed by atoms with Crippen molar-refractivity contribution in [1.82, 2.24) is 4.90 Å². The highest BCUT2D eigenvalue weighted by Gasteiger charge is 2.46. The summed E-state index contributed by atoms with van der Waals surface area (Å²) in [7, 11) is 2.34. The molecular weight excluding hydrogens is 232 g/mol. The number of nitrogens with two attached hydrogens (primary N) is 1. The van der Waals surface area contributed by atoms with E-state index >= 15 is 0 Å². The van der Waals surface area contributed by atoms with Crippen LogP contribution in [-0.4, -0.2) is 30.6 Å². The first-order chi connectivity index (χ1) is 9.09. The van der Waals surface area contributed by atoms with Crippen molar-refractivity contribution in [3.8, 4) is 0 Å². The monoisotopic (exact) mass is 264 g/mol. The number of likely N-dealkylation sites (N-methyl/N-ethyl adjacent to an activating group) is 1. The van der Waals surface area contributed by atoms with Gasteiger partial charge < -0.3 is 5.73 Å². The van der Waals surface area contributed by atoms with Gasteiger partial charge >= 0.3 is 0 Å². The Bertz CT molecular complexity index is 309. The zero-order chi connectivity index (χ0) is 13.5. The van der Waals surface area contributed by atoms with Crippen LogP contribution in [0.2, 0.25) is 0 Å². The lowest BCUT2D eigenvalue weighted by molar-refractivity contribution is 0.0272. The van der Waals surface area contributed by atoms with Gasteiger partial charge in [0.15, 0.2) is 0 Å². The van der Waals surface area contributed by atoms with Crippen LogP contribution in [0.25, 0.3) is 0 Å². The van der Waals surface area contributed by atoms with E-state index in [0.717, 1.165) is 23.8 Å². The average Bonchev–Trinajstić information content (AvgIpc) is 2.92. The van der Waals surface area contributed by atoms with E-state index in [1.807, 2.05) is 0 Å². The van der Waals surface area contributed by atoms with Gasteiger partial charge in [-0.2, -0.15) is 0 Å². The van der Waals surface area contributed by atoms with Gasteiger partial charge in [-0.3, -0.25) is 4.90 Å². The molecule has 2 atom stereocenters. The van der Waals surface area contributed by atoms with Crippen LogP contribution in [0.4, 0.5) is 0 Å². The largest absolute Gasteiger partial charge is 0.329 e. The first-order valence-corrected chi connectivity index (χ1v) is 8.51. The number of nitrogens with zero attached hydrogens (tertiary/aromatic N) is 1. The second-order valence-electron chi connectivity index (χ2n) is 7.99. The minimum absolute atomic E-state index is 0.330. The molecule has 0 saturated heterocycles. The molecule has 0 aliphatic heterocycles. The SMILES string of the molecule is CC1CC1CN(C)C1(CN)CCC2(CCCC2)CC1. The number of rotatable bonds is 4. The van der Waals surface area contributed by atoms with E-state index in [4.69, 9.17) is 5.73 Å². The Morgan fingerprint density at radius 1 is 1.05 bits per heavy atom. The summed E-state index contributed by atoms with van der Waals surface area (Å²) in [6.45, 7) is 4.54. The predicted molar refractivity (Wildman–Crippen MR) is 81.1 cm³/mol. The Morgan fingerprint density at radius 3 is 2.11 bits per heavy atom. The van der Waals surface area contributed by atoms with Crippen molar-refractivity contribution in [2.75, 3.05) is 20.1 Å². The molecule has 2 unspecified atom stereocenters. The van der Waals surface area contributed by atoms with Crippen molar-refractivity contribution in [1.29, 1.82) is 0 Å². The maximum atomic E-state index is 6.22. The first kappa shape index (κ1) is 13.9. The molecule has 0 aromatic rings. The molecule has 3 rings (SSSR count). The van der Waals surface area contributed by atoms with Gasteiger partial charge in [0.05, 0.1) is 0 Å². The summed E-state index contributed by atoms with van der Waals surface area (Å²) >= 11 is 0. The number of hydrogen-bond donors (Lipinski definition) is 1. The van der Waals surface area contributed by atoms with Gasteiger partial charge in [0.25, 0.3) is 0 Å². The molecule has 1 spiro atoms. The number of hydrogen-bond acceptors (Lipinski definition) is 2. The molecule has 0 amide bonds. The van der Waals surface area contributed by atoms with Crippen molar-refractivity contribution < 1.29 is 0 Å². The van der Waals surface area contributed by atoms with E-state index in [1.54, 1.807) is 0 Å². The van der Waals surface area contributed by atoms with Crippen molar-refractivity contribution >= 4 is 0 Å². The molecule has 110 valence electrons. The standard InChI is InChI=1S/C17H32N2/c1-14-11-15(14)12-19(2)17(13-18)9-7-16(8-10-17)5-3-4-6-16/h14-15H,3-13,18H2,1-2H3. The van der Waals surface area contributed by atoms with Crippen LogP contribution >= 0.6 is 0 Å². The lowest BCUT2D eigenvalue weighted by Crippen LogP contribution is -2.55. The minimum Gasteiger partial charge on any atom is -0.329 e. The van der Waals surface area contributed by atoms with Crippen molar-refractivity contribution in [3.05, 3.63) is 0 Å². The summed E-state index contributed by atoms with van der Waals surface area (Å²) in [5, 5.41) is 0. The third-order valence-corrected chi connectivity index (χ3v) is 6.88. The second-order valence-corrected chi connectivity index (χ2v) is 7.99. The maximum Gasteiger partial charge on any atom is 0.0329 e. The molecule has 0 radical (unpaired) electrons. The zero-order valence-corrected chi connectivity index (χ0v) is 13.0. The van der Waals surface area contributed by atoms with Gasteiger partial charge in [0.2, 0.25) is 0 Å².